The second kappa shape index (κ2) is 9.30. The van der Waals surface area contributed by atoms with E-state index in [0.29, 0.717) is 25.5 Å². The molecule has 2 aliphatic rings. The normalized spacial score (nSPS) is 23.7. The predicted octanol–water partition coefficient (Wildman–Crippen LogP) is 4.19. The molecule has 2 unspecified atom stereocenters. The van der Waals surface area contributed by atoms with Gasteiger partial charge in [-0.2, -0.15) is 0 Å². The molecule has 158 valence electrons. The first kappa shape index (κ1) is 20.4. The van der Waals surface area contributed by atoms with Crippen molar-refractivity contribution >= 4 is 5.97 Å². The van der Waals surface area contributed by atoms with Crippen LogP contribution in [-0.2, 0) is 17.8 Å². The van der Waals surface area contributed by atoms with Crippen molar-refractivity contribution in [1.29, 1.82) is 0 Å². The number of carboxylic acids is 1. The lowest BCUT2D eigenvalue weighted by molar-refractivity contribution is -0.142. The van der Waals surface area contributed by atoms with Gasteiger partial charge in [-0.05, 0) is 43.0 Å². The number of aromatic nitrogens is 1. The highest BCUT2D eigenvalue weighted by atomic mass is 16.5. The molecular formula is C24H28N2O4. The maximum Gasteiger partial charge on any atom is 0.320 e. The Labute approximate surface area is 176 Å². The molecular weight excluding hydrogens is 380 g/mol. The van der Waals surface area contributed by atoms with Crippen LogP contribution >= 0.6 is 0 Å². The number of likely N-dealkylation sites (tertiary alicyclic amines) is 1. The molecule has 0 radical (unpaired) electrons. The van der Waals surface area contributed by atoms with Crippen molar-refractivity contribution in [1.82, 2.24) is 9.88 Å². The third-order valence-corrected chi connectivity index (χ3v) is 5.83. The zero-order chi connectivity index (χ0) is 20.9. The van der Waals surface area contributed by atoms with E-state index in [2.05, 4.69) is 30.1 Å². The summed E-state index contributed by atoms with van der Waals surface area (Å²) in [4.78, 5) is 18.0. The molecule has 1 fully saturated rings. The molecule has 6 heteroatoms. The molecule has 30 heavy (non-hydrogen) atoms. The van der Waals surface area contributed by atoms with Crippen molar-refractivity contribution in [2.75, 3.05) is 13.2 Å². The van der Waals surface area contributed by atoms with Crippen LogP contribution in [0.3, 0.4) is 0 Å². The molecule has 1 aromatic carbocycles. The number of hydrogen-bond donors (Lipinski definition) is 1. The van der Waals surface area contributed by atoms with E-state index >= 15 is 0 Å². The summed E-state index contributed by atoms with van der Waals surface area (Å²) in [6, 6.07) is 7.51. The summed E-state index contributed by atoms with van der Waals surface area (Å²) in [7, 11) is 0. The fourth-order valence-electron chi connectivity index (χ4n) is 4.15. The van der Waals surface area contributed by atoms with Crippen LogP contribution in [0.15, 0.2) is 59.2 Å². The van der Waals surface area contributed by atoms with E-state index in [0.717, 1.165) is 42.3 Å². The van der Waals surface area contributed by atoms with Crippen molar-refractivity contribution in [2.24, 2.45) is 5.92 Å². The molecule has 1 saturated heterocycles. The molecule has 1 aliphatic carbocycles. The summed E-state index contributed by atoms with van der Waals surface area (Å²) in [5.41, 5.74) is 1.95. The average Bonchev–Trinajstić information content (AvgIpc) is 3.38. The molecule has 0 amide bonds. The van der Waals surface area contributed by atoms with Gasteiger partial charge in [0.2, 0.25) is 5.89 Å². The van der Waals surface area contributed by atoms with E-state index in [9.17, 15) is 9.90 Å². The number of rotatable bonds is 8. The number of allylic oxidation sites excluding steroid dienone is 4. The molecule has 6 nitrogen and oxygen atoms in total. The Balaban J connectivity index is 1.30. The molecule has 2 aromatic rings. The van der Waals surface area contributed by atoms with E-state index in [4.69, 9.17) is 9.15 Å². The number of ether oxygens (including phenoxy) is 1. The topological polar surface area (TPSA) is 75.8 Å². The first-order chi connectivity index (χ1) is 14.6. The highest BCUT2D eigenvalue weighted by Gasteiger charge is 2.30. The molecule has 3 atom stereocenters. The Hall–Kier alpha value is -2.86. The van der Waals surface area contributed by atoms with Gasteiger partial charge in [0.1, 0.15) is 18.1 Å². The lowest BCUT2D eigenvalue weighted by atomic mass is 9.90. The summed E-state index contributed by atoms with van der Waals surface area (Å²) < 4.78 is 11.6. The number of hydrogen-bond acceptors (Lipinski definition) is 5. The van der Waals surface area contributed by atoms with Crippen molar-refractivity contribution in [3.05, 3.63) is 72.0 Å². The number of nitrogens with zero attached hydrogens (tertiary/aromatic N) is 2. The van der Waals surface area contributed by atoms with Crippen LogP contribution in [-0.4, -0.2) is 40.2 Å². The molecule has 1 aromatic heterocycles. The lowest BCUT2D eigenvalue weighted by Crippen LogP contribution is -2.35. The van der Waals surface area contributed by atoms with E-state index < -0.39 is 5.97 Å². The summed E-state index contributed by atoms with van der Waals surface area (Å²) in [6.07, 6.45) is 12.4. The van der Waals surface area contributed by atoms with Gasteiger partial charge in [-0.3, -0.25) is 9.69 Å². The van der Waals surface area contributed by atoms with E-state index in [1.54, 1.807) is 6.26 Å². The Morgan fingerprint density at radius 3 is 3.03 bits per heavy atom. The molecule has 0 spiro atoms. The summed E-state index contributed by atoms with van der Waals surface area (Å²) in [6.45, 7) is 4.11. The zero-order valence-corrected chi connectivity index (χ0v) is 17.2. The molecule has 1 N–H and O–H groups in total. The second-order valence-corrected chi connectivity index (χ2v) is 8.04. The van der Waals surface area contributed by atoms with Crippen LogP contribution in [0.2, 0.25) is 0 Å². The van der Waals surface area contributed by atoms with Gasteiger partial charge >= 0.3 is 5.97 Å². The van der Waals surface area contributed by atoms with Crippen molar-refractivity contribution in [3.8, 4) is 5.75 Å². The monoisotopic (exact) mass is 408 g/mol. The zero-order valence-electron chi connectivity index (χ0n) is 17.2. The van der Waals surface area contributed by atoms with Crippen LogP contribution < -0.4 is 4.74 Å². The molecule has 0 bridgehead atoms. The number of carbonyl (C=O) groups is 1. The largest absolute Gasteiger partial charge is 0.493 e. The third kappa shape index (κ3) is 4.82. The van der Waals surface area contributed by atoms with E-state index in [1.165, 1.54) is 0 Å². The smallest absolute Gasteiger partial charge is 0.320 e. The number of oxazole rings is 1. The molecule has 4 rings (SSSR count). The van der Waals surface area contributed by atoms with Gasteiger partial charge in [-0.15, -0.1) is 0 Å². The van der Waals surface area contributed by atoms with Gasteiger partial charge in [-0.1, -0.05) is 43.4 Å². The van der Waals surface area contributed by atoms with Crippen LogP contribution in [0.5, 0.6) is 5.75 Å². The fourth-order valence-corrected chi connectivity index (χ4v) is 4.15. The van der Waals surface area contributed by atoms with Crippen LogP contribution in [0.1, 0.15) is 42.8 Å². The fraction of sp³-hybridized carbons (Fsp3) is 0.417. The second-order valence-electron chi connectivity index (χ2n) is 8.04. The Morgan fingerprint density at radius 1 is 1.33 bits per heavy atom. The van der Waals surface area contributed by atoms with Gasteiger partial charge in [0, 0.05) is 13.0 Å². The van der Waals surface area contributed by atoms with Gasteiger partial charge in [-0.25, -0.2) is 4.98 Å². The SMILES string of the molecule is CC1C=CC=CC1c1nc(CCOc2cccc(CN3CCC[C@@H]3C(=O)O)c2)co1. The highest BCUT2D eigenvalue weighted by Crippen LogP contribution is 2.29. The van der Waals surface area contributed by atoms with Gasteiger partial charge in [0.05, 0.1) is 18.2 Å². The minimum Gasteiger partial charge on any atom is -0.493 e. The van der Waals surface area contributed by atoms with Crippen LogP contribution in [0.25, 0.3) is 0 Å². The first-order valence-electron chi connectivity index (χ1n) is 10.6. The van der Waals surface area contributed by atoms with Crippen LogP contribution in [0, 0.1) is 5.92 Å². The average molecular weight is 408 g/mol. The minimum absolute atomic E-state index is 0.182. The number of benzene rings is 1. The van der Waals surface area contributed by atoms with Crippen molar-refractivity contribution in [3.63, 3.8) is 0 Å². The summed E-state index contributed by atoms with van der Waals surface area (Å²) in [5.74, 6) is 1.36. The van der Waals surface area contributed by atoms with Gasteiger partial charge in [0.15, 0.2) is 0 Å². The maximum atomic E-state index is 11.4. The van der Waals surface area contributed by atoms with Crippen molar-refractivity contribution < 1.29 is 19.1 Å². The van der Waals surface area contributed by atoms with Crippen LogP contribution in [0.4, 0.5) is 0 Å². The minimum atomic E-state index is -0.735. The molecule has 1 aliphatic heterocycles. The summed E-state index contributed by atoms with van der Waals surface area (Å²) >= 11 is 0. The number of aliphatic carboxylic acids is 1. The first-order valence-corrected chi connectivity index (χ1v) is 10.6. The Kier molecular flexibility index (Phi) is 6.33. The Morgan fingerprint density at radius 2 is 2.20 bits per heavy atom. The van der Waals surface area contributed by atoms with Gasteiger partial charge in [0.25, 0.3) is 0 Å². The maximum absolute atomic E-state index is 11.4. The van der Waals surface area contributed by atoms with E-state index in [-0.39, 0.29) is 12.0 Å². The van der Waals surface area contributed by atoms with Gasteiger partial charge < -0.3 is 14.3 Å². The predicted molar refractivity (Wildman–Crippen MR) is 113 cm³/mol. The third-order valence-electron chi connectivity index (χ3n) is 5.83. The van der Waals surface area contributed by atoms with Crippen molar-refractivity contribution in [2.45, 2.75) is 44.7 Å². The number of carboxylic acid groups (broad SMARTS) is 1. The standard InChI is InChI=1S/C24H28N2O4/c1-17-6-2-3-9-21(17)23-25-19(16-30-23)11-13-29-20-8-4-7-18(14-20)15-26-12-5-10-22(26)24(27)28/h2-4,6-9,14,16-17,21-22H,5,10-13,15H2,1H3,(H,27,28)/t17?,21?,22-/m1/s1. The Bertz CT molecular complexity index is 933. The molecule has 0 saturated carbocycles. The molecule has 2 heterocycles. The highest BCUT2D eigenvalue weighted by molar-refractivity contribution is 5.73. The van der Waals surface area contributed by atoms with E-state index in [1.807, 2.05) is 35.2 Å². The summed E-state index contributed by atoms with van der Waals surface area (Å²) in [5, 5.41) is 9.35. The lowest BCUT2D eigenvalue weighted by Gasteiger charge is -2.21. The quantitative estimate of drug-likeness (QED) is 0.706.